The summed E-state index contributed by atoms with van der Waals surface area (Å²) in [5.41, 5.74) is 2.41. The van der Waals surface area contributed by atoms with E-state index in [1.54, 1.807) is 60.9 Å². The summed E-state index contributed by atoms with van der Waals surface area (Å²) in [6, 6.07) is 12.2. The largest absolute Gasteiger partial charge is 0.335 e. The third kappa shape index (κ3) is 3.93. The van der Waals surface area contributed by atoms with Gasteiger partial charge in [0.1, 0.15) is 11.4 Å². The van der Waals surface area contributed by atoms with E-state index in [4.69, 9.17) is 0 Å². The van der Waals surface area contributed by atoms with E-state index in [-0.39, 0.29) is 5.57 Å². The molecule has 1 aliphatic rings. The lowest BCUT2D eigenvalue weighted by molar-refractivity contribution is -0.122. The number of benzene rings is 2. The summed E-state index contributed by atoms with van der Waals surface area (Å²) >= 11 is 6.56. The Morgan fingerprint density at radius 1 is 0.938 bits per heavy atom. The Morgan fingerprint density at radius 3 is 2.25 bits per heavy atom. The molecule has 0 bridgehead atoms. The van der Waals surface area contributed by atoms with Crippen molar-refractivity contribution >= 4 is 61.5 Å². The van der Waals surface area contributed by atoms with Crippen molar-refractivity contribution in [2.45, 2.75) is 13.8 Å². The van der Waals surface area contributed by atoms with Gasteiger partial charge in [-0.2, -0.15) is 0 Å². The first-order valence-electron chi connectivity index (χ1n) is 9.49. The smallest absolute Gasteiger partial charge is 0.315 e. The Bertz CT molecular complexity index is 1310. The van der Waals surface area contributed by atoms with Crippen molar-refractivity contribution < 1.29 is 18.8 Å². The van der Waals surface area contributed by atoms with E-state index in [9.17, 15) is 18.8 Å². The molecule has 1 fully saturated rings. The van der Waals surface area contributed by atoms with Crippen LogP contribution in [0.1, 0.15) is 17.0 Å². The minimum atomic E-state index is -0.818. The number of hydrogen-bond donors (Lipinski definition) is 1. The average molecular weight is 561 g/mol. The van der Waals surface area contributed by atoms with Gasteiger partial charge in [0.15, 0.2) is 0 Å². The first-order chi connectivity index (χ1) is 15.2. The number of aryl methyl sites for hydroxylation is 1. The number of imide groups is 2. The molecule has 3 aromatic rings. The maximum absolute atomic E-state index is 14.6. The molecule has 0 atom stereocenters. The molecular formula is C23H16Br2FN3O3. The summed E-state index contributed by atoms with van der Waals surface area (Å²) in [6.07, 6.45) is 1.42. The molecule has 32 heavy (non-hydrogen) atoms. The Labute approximate surface area is 200 Å². The van der Waals surface area contributed by atoms with Gasteiger partial charge in [0, 0.05) is 20.3 Å². The van der Waals surface area contributed by atoms with Crippen LogP contribution in [0.15, 0.2) is 63.0 Å². The normalized spacial score (nSPS) is 15.5. The molecule has 0 saturated carbocycles. The number of hydrogen-bond acceptors (Lipinski definition) is 3. The number of aromatic nitrogens is 1. The fraction of sp³-hybridized carbons (Fsp3) is 0.0870. The molecule has 0 radical (unpaired) electrons. The monoisotopic (exact) mass is 559 g/mol. The zero-order chi connectivity index (χ0) is 23.2. The number of anilines is 1. The lowest BCUT2D eigenvalue weighted by Gasteiger charge is -2.26. The van der Waals surface area contributed by atoms with Crippen molar-refractivity contribution in [3.8, 4) is 5.69 Å². The summed E-state index contributed by atoms with van der Waals surface area (Å²) in [4.78, 5) is 38.8. The molecule has 9 heteroatoms. The maximum atomic E-state index is 14.6. The van der Waals surface area contributed by atoms with E-state index < -0.39 is 23.7 Å². The van der Waals surface area contributed by atoms with Crippen LogP contribution >= 0.6 is 31.9 Å². The molecule has 4 amide bonds. The van der Waals surface area contributed by atoms with Gasteiger partial charge in [0.2, 0.25) is 0 Å². The van der Waals surface area contributed by atoms with Crippen molar-refractivity contribution in [2.24, 2.45) is 0 Å². The molecule has 4 rings (SSSR count). The van der Waals surface area contributed by atoms with Gasteiger partial charge in [-0.15, -0.1) is 0 Å². The Morgan fingerprint density at radius 2 is 1.59 bits per heavy atom. The quantitative estimate of drug-likeness (QED) is 0.343. The summed E-state index contributed by atoms with van der Waals surface area (Å²) in [7, 11) is 0. The molecule has 162 valence electrons. The number of rotatable bonds is 3. The van der Waals surface area contributed by atoms with Gasteiger partial charge in [0.05, 0.1) is 11.4 Å². The second-order valence-corrected chi connectivity index (χ2v) is 9.02. The molecule has 1 aliphatic heterocycles. The number of amides is 4. The topological polar surface area (TPSA) is 71.4 Å². The van der Waals surface area contributed by atoms with Gasteiger partial charge < -0.3 is 4.57 Å². The standard InChI is InChI=1S/C23H16Br2FN3O3/c1-12-9-14(13(2)28(12)20-8-5-16(25)11-19(20)26)10-18-21(30)27-23(32)29(22(18)31)17-6-3-15(24)4-7-17/h3-11H,1-2H3,(H,27,30,32)/b18-10+. The van der Waals surface area contributed by atoms with Gasteiger partial charge in [-0.05, 0) is 74.0 Å². The van der Waals surface area contributed by atoms with Crippen LogP contribution in [-0.2, 0) is 9.59 Å². The highest BCUT2D eigenvalue weighted by Crippen LogP contribution is 2.28. The third-order valence-electron chi connectivity index (χ3n) is 5.11. The fourth-order valence-corrected chi connectivity index (χ4v) is 4.20. The van der Waals surface area contributed by atoms with Crippen molar-refractivity contribution in [2.75, 3.05) is 4.90 Å². The molecule has 0 spiro atoms. The maximum Gasteiger partial charge on any atom is 0.335 e. The Balaban J connectivity index is 1.77. The molecule has 1 saturated heterocycles. The number of carbonyl (C=O) groups excluding carboxylic acids is 3. The minimum absolute atomic E-state index is 0.191. The second kappa shape index (κ2) is 8.48. The molecular weight excluding hydrogens is 545 g/mol. The van der Waals surface area contributed by atoms with Gasteiger partial charge in [-0.3, -0.25) is 14.9 Å². The molecule has 6 nitrogen and oxygen atoms in total. The Hall–Kier alpha value is -3.04. The van der Waals surface area contributed by atoms with Gasteiger partial charge >= 0.3 is 6.03 Å². The van der Waals surface area contributed by atoms with E-state index in [0.717, 1.165) is 15.1 Å². The number of urea groups is 1. The van der Waals surface area contributed by atoms with Crippen LogP contribution in [0.5, 0.6) is 0 Å². The van der Waals surface area contributed by atoms with Crippen LogP contribution < -0.4 is 10.2 Å². The predicted octanol–water partition coefficient (Wildman–Crippen LogP) is 5.42. The zero-order valence-electron chi connectivity index (χ0n) is 16.9. The summed E-state index contributed by atoms with van der Waals surface area (Å²) in [5.74, 6) is -1.94. The van der Waals surface area contributed by atoms with Crippen molar-refractivity contribution in [1.82, 2.24) is 9.88 Å². The van der Waals surface area contributed by atoms with E-state index >= 15 is 0 Å². The van der Waals surface area contributed by atoms with Crippen LogP contribution in [0.3, 0.4) is 0 Å². The fourth-order valence-electron chi connectivity index (χ4n) is 3.60. The molecule has 0 aliphatic carbocycles. The summed E-state index contributed by atoms with van der Waals surface area (Å²) < 4.78 is 17.7. The van der Waals surface area contributed by atoms with Gasteiger partial charge in [0.25, 0.3) is 11.8 Å². The average Bonchev–Trinajstić information content (AvgIpc) is 3.00. The first-order valence-corrected chi connectivity index (χ1v) is 11.1. The van der Waals surface area contributed by atoms with E-state index in [0.29, 0.717) is 27.1 Å². The first kappa shape index (κ1) is 22.2. The van der Waals surface area contributed by atoms with Gasteiger partial charge in [-0.1, -0.05) is 31.9 Å². The summed E-state index contributed by atoms with van der Waals surface area (Å²) in [6.45, 7) is 3.57. The summed E-state index contributed by atoms with van der Waals surface area (Å²) in [5, 5.41) is 2.21. The SMILES string of the molecule is Cc1cc(/C=C2\C(=O)NC(=O)N(c3ccc(Br)cc3)C2=O)c(C)n1-c1ccc(Br)cc1F. The highest BCUT2D eigenvalue weighted by atomic mass is 79.9. The molecule has 2 aromatic carbocycles. The predicted molar refractivity (Wildman–Crippen MR) is 126 cm³/mol. The number of nitrogens with one attached hydrogen (secondary N) is 1. The van der Waals surface area contributed by atoms with Crippen LogP contribution in [0.2, 0.25) is 0 Å². The lowest BCUT2D eigenvalue weighted by atomic mass is 10.1. The van der Waals surface area contributed by atoms with Crippen molar-refractivity contribution in [1.29, 1.82) is 0 Å². The number of carbonyl (C=O) groups is 3. The number of barbiturate groups is 1. The molecule has 1 N–H and O–H groups in total. The second-order valence-electron chi connectivity index (χ2n) is 7.19. The van der Waals surface area contributed by atoms with Crippen LogP contribution in [0, 0.1) is 19.7 Å². The highest BCUT2D eigenvalue weighted by Gasteiger charge is 2.37. The van der Waals surface area contributed by atoms with E-state index in [2.05, 4.69) is 37.2 Å². The minimum Gasteiger partial charge on any atom is -0.315 e. The number of halogens is 3. The van der Waals surface area contributed by atoms with Gasteiger partial charge in [-0.25, -0.2) is 14.1 Å². The van der Waals surface area contributed by atoms with E-state index in [1.807, 2.05) is 0 Å². The van der Waals surface area contributed by atoms with Crippen LogP contribution in [0.25, 0.3) is 11.8 Å². The van der Waals surface area contributed by atoms with Crippen LogP contribution in [0.4, 0.5) is 14.9 Å². The van der Waals surface area contributed by atoms with Crippen molar-refractivity contribution in [3.63, 3.8) is 0 Å². The molecule has 1 aromatic heterocycles. The van der Waals surface area contributed by atoms with Crippen LogP contribution in [-0.4, -0.2) is 22.4 Å². The molecule has 2 heterocycles. The Kier molecular flexibility index (Phi) is 5.87. The zero-order valence-corrected chi connectivity index (χ0v) is 20.1. The van der Waals surface area contributed by atoms with E-state index in [1.165, 1.54) is 12.1 Å². The lowest BCUT2D eigenvalue weighted by Crippen LogP contribution is -2.54. The molecule has 0 unspecified atom stereocenters. The highest BCUT2D eigenvalue weighted by molar-refractivity contribution is 9.10. The third-order valence-corrected chi connectivity index (χ3v) is 6.13. The van der Waals surface area contributed by atoms with Crippen molar-refractivity contribution in [3.05, 3.63) is 85.8 Å². The number of nitrogens with zero attached hydrogens (tertiary/aromatic N) is 2.